The maximum Gasteiger partial charge on any atom is 0.306 e. The summed E-state index contributed by atoms with van der Waals surface area (Å²) >= 11 is 0. The molecular weight excluding hydrogens is 418 g/mol. The molecule has 2 aliphatic rings. The van der Waals surface area contributed by atoms with Gasteiger partial charge in [0.05, 0.1) is 18.4 Å². The zero-order valence-corrected chi connectivity index (χ0v) is 18.2. The molecule has 3 heterocycles. The molecule has 0 bridgehead atoms. The van der Waals surface area contributed by atoms with Crippen molar-refractivity contribution >= 4 is 5.97 Å². The Labute approximate surface area is 190 Å². The third-order valence-electron chi connectivity index (χ3n) is 6.92. The van der Waals surface area contributed by atoms with Gasteiger partial charge >= 0.3 is 5.97 Å². The average Bonchev–Trinajstić information content (AvgIpc) is 3.52. The lowest BCUT2D eigenvalue weighted by Crippen LogP contribution is -2.44. The van der Waals surface area contributed by atoms with Gasteiger partial charge in [0.1, 0.15) is 0 Å². The van der Waals surface area contributed by atoms with Crippen LogP contribution in [0.4, 0.5) is 0 Å². The molecule has 0 amide bonds. The molecule has 1 N–H and O–H groups in total. The number of hydrogen-bond donors (Lipinski definition) is 1. The monoisotopic (exact) mass is 441 g/mol. The second-order valence-electron chi connectivity index (χ2n) is 9.01. The van der Waals surface area contributed by atoms with Crippen molar-refractivity contribution in [3.63, 3.8) is 0 Å². The van der Waals surface area contributed by atoms with E-state index in [0.717, 1.165) is 53.7 Å². The van der Waals surface area contributed by atoms with Crippen LogP contribution in [0.3, 0.4) is 0 Å². The van der Waals surface area contributed by atoms with Gasteiger partial charge in [-0.1, -0.05) is 23.4 Å². The van der Waals surface area contributed by atoms with Crippen molar-refractivity contribution in [3.05, 3.63) is 71.7 Å². The molecule has 1 saturated carbocycles. The summed E-state index contributed by atoms with van der Waals surface area (Å²) in [5.41, 5.74) is 7.59. The molecule has 0 radical (unpaired) electrons. The van der Waals surface area contributed by atoms with Crippen LogP contribution in [0.25, 0.3) is 34.0 Å². The summed E-state index contributed by atoms with van der Waals surface area (Å²) in [7, 11) is 0. The molecule has 0 spiro atoms. The normalized spacial score (nSPS) is 19.9. The van der Waals surface area contributed by atoms with Crippen molar-refractivity contribution in [2.75, 3.05) is 0 Å². The Morgan fingerprint density at radius 3 is 2.61 bits per heavy atom. The largest absolute Gasteiger partial charge is 0.481 e. The van der Waals surface area contributed by atoms with Gasteiger partial charge < -0.3 is 14.0 Å². The van der Waals surface area contributed by atoms with E-state index in [1.165, 1.54) is 11.1 Å². The molecule has 33 heavy (non-hydrogen) atoms. The summed E-state index contributed by atoms with van der Waals surface area (Å²) in [6.07, 6.45) is 4.88. The van der Waals surface area contributed by atoms with Crippen molar-refractivity contribution in [2.24, 2.45) is 5.92 Å². The maximum absolute atomic E-state index is 11.1. The first kappa shape index (κ1) is 19.9. The molecule has 1 fully saturated rings. The standard InChI is InChI=1S/C26H23N3O4/c1-15-8-17(4-5-23(15)19-6-7-32-14-19)25-27-24(28-33-25)16-2-3-18-12-29(13-21(18)9-16)22-10-20(11-22)26(30)31/h2-9,14,20,22H,10-13H2,1H3,(H,30,31). The molecule has 166 valence electrons. The number of benzene rings is 2. The number of aryl methyl sites for hydroxylation is 1. The Bertz CT molecular complexity index is 1340. The van der Waals surface area contributed by atoms with Crippen molar-refractivity contribution in [1.29, 1.82) is 0 Å². The number of carboxylic acids is 1. The predicted molar refractivity (Wildman–Crippen MR) is 121 cm³/mol. The summed E-state index contributed by atoms with van der Waals surface area (Å²) in [5, 5.41) is 13.4. The number of aromatic nitrogens is 2. The second-order valence-corrected chi connectivity index (χ2v) is 9.01. The summed E-state index contributed by atoms with van der Waals surface area (Å²) < 4.78 is 10.8. The van der Waals surface area contributed by atoms with E-state index >= 15 is 0 Å². The molecule has 0 atom stereocenters. The topological polar surface area (TPSA) is 92.6 Å². The summed E-state index contributed by atoms with van der Waals surface area (Å²) in [5.74, 6) is 0.189. The van der Waals surface area contributed by atoms with Gasteiger partial charge in [-0.3, -0.25) is 9.69 Å². The van der Waals surface area contributed by atoms with Gasteiger partial charge in [0, 0.05) is 35.8 Å². The van der Waals surface area contributed by atoms with Crippen molar-refractivity contribution in [1.82, 2.24) is 15.0 Å². The highest BCUT2D eigenvalue weighted by Gasteiger charge is 2.39. The number of carbonyl (C=O) groups is 1. The van der Waals surface area contributed by atoms with Crippen LogP contribution in [-0.4, -0.2) is 32.2 Å². The van der Waals surface area contributed by atoms with E-state index in [0.29, 0.717) is 17.8 Å². The average molecular weight is 441 g/mol. The van der Waals surface area contributed by atoms with E-state index in [4.69, 9.17) is 14.0 Å². The lowest BCUT2D eigenvalue weighted by atomic mass is 9.79. The quantitative estimate of drug-likeness (QED) is 0.458. The fourth-order valence-electron chi connectivity index (χ4n) is 4.90. The Morgan fingerprint density at radius 2 is 1.85 bits per heavy atom. The number of carboxylic acid groups (broad SMARTS) is 1. The fraction of sp³-hybridized carbons (Fsp3) is 0.269. The first-order valence-electron chi connectivity index (χ1n) is 11.1. The second kappa shape index (κ2) is 7.71. The van der Waals surface area contributed by atoms with Crippen LogP contribution in [0.15, 0.2) is 63.9 Å². The van der Waals surface area contributed by atoms with E-state index < -0.39 is 5.97 Å². The van der Waals surface area contributed by atoms with Gasteiger partial charge in [0.15, 0.2) is 0 Å². The SMILES string of the molecule is Cc1cc(-c2nc(-c3ccc4c(c3)CN(C3CC(C(=O)O)C3)C4)no2)ccc1-c1ccoc1. The van der Waals surface area contributed by atoms with Gasteiger partial charge in [0.2, 0.25) is 5.82 Å². The number of nitrogens with zero attached hydrogens (tertiary/aromatic N) is 3. The van der Waals surface area contributed by atoms with Crippen LogP contribution in [0, 0.1) is 12.8 Å². The Hall–Kier alpha value is -3.71. The van der Waals surface area contributed by atoms with Gasteiger partial charge in [-0.2, -0.15) is 4.98 Å². The van der Waals surface area contributed by atoms with Crippen LogP contribution in [0.1, 0.15) is 29.5 Å². The van der Waals surface area contributed by atoms with Gasteiger partial charge in [-0.15, -0.1) is 0 Å². The smallest absolute Gasteiger partial charge is 0.306 e. The third kappa shape index (κ3) is 3.54. The minimum Gasteiger partial charge on any atom is -0.481 e. The highest BCUT2D eigenvalue weighted by Crippen LogP contribution is 2.38. The van der Waals surface area contributed by atoms with Gasteiger partial charge in [-0.05, 0) is 66.3 Å². The van der Waals surface area contributed by atoms with Crippen LogP contribution in [0.5, 0.6) is 0 Å². The molecule has 7 heteroatoms. The molecular formula is C26H23N3O4. The fourth-order valence-corrected chi connectivity index (χ4v) is 4.90. The Morgan fingerprint density at radius 1 is 1.03 bits per heavy atom. The molecule has 7 nitrogen and oxygen atoms in total. The third-order valence-corrected chi connectivity index (χ3v) is 6.92. The number of rotatable bonds is 5. The van der Waals surface area contributed by atoms with E-state index in [2.05, 4.69) is 34.1 Å². The van der Waals surface area contributed by atoms with Crippen LogP contribution in [0.2, 0.25) is 0 Å². The van der Waals surface area contributed by atoms with Crippen molar-refractivity contribution in [3.8, 4) is 34.0 Å². The summed E-state index contributed by atoms with van der Waals surface area (Å²) in [4.78, 5) is 18.1. The molecule has 4 aromatic rings. The number of furan rings is 1. The first-order valence-corrected chi connectivity index (χ1v) is 11.1. The zero-order chi connectivity index (χ0) is 22.5. The lowest BCUT2D eigenvalue weighted by molar-refractivity contribution is -0.147. The van der Waals surface area contributed by atoms with Gasteiger partial charge in [-0.25, -0.2) is 0 Å². The van der Waals surface area contributed by atoms with Crippen molar-refractivity contribution in [2.45, 2.75) is 38.9 Å². The maximum atomic E-state index is 11.1. The minimum absolute atomic E-state index is 0.190. The predicted octanol–water partition coefficient (Wildman–Crippen LogP) is 5.15. The molecule has 6 rings (SSSR count). The van der Waals surface area contributed by atoms with Crippen LogP contribution < -0.4 is 0 Å². The number of aliphatic carboxylic acids is 1. The van der Waals surface area contributed by atoms with Crippen LogP contribution >= 0.6 is 0 Å². The molecule has 2 aromatic carbocycles. The summed E-state index contributed by atoms with van der Waals surface area (Å²) in [6.45, 7) is 3.75. The van der Waals surface area contributed by atoms with Gasteiger partial charge in [0.25, 0.3) is 5.89 Å². The number of fused-ring (bicyclic) bond motifs is 1. The Balaban J connectivity index is 1.20. The molecule has 0 saturated heterocycles. The Kier molecular flexibility index (Phi) is 4.66. The van der Waals surface area contributed by atoms with E-state index in [9.17, 15) is 4.79 Å². The number of hydrogen-bond acceptors (Lipinski definition) is 6. The van der Waals surface area contributed by atoms with E-state index in [1.54, 1.807) is 12.5 Å². The van der Waals surface area contributed by atoms with Crippen LogP contribution in [-0.2, 0) is 17.9 Å². The molecule has 2 aromatic heterocycles. The first-order chi connectivity index (χ1) is 16.0. The highest BCUT2D eigenvalue weighted by molar-refractivity contribution is 5.72. The zero-order valence-electron chi connectivity index (χ0n) is 18.2. The summed E-state index contributed by atoms with van der Waals surface area (Å²) in [6, 6.07) is 14.6. The van der Waals surface area contributed by atoms with Crippen molar-refractivity contribution < 1.29 is 18.8 Å². The highest BCUT2D eigenvalue weighted by atomic mass is 16.5. The van der Waals surface area contributed by atoms with E-state index in [1.807, 2.05) is 30.3 Å². The lowest BCUT2D eigenvalue weighted by Gasteiger charge is -2.39. The molecule has 1 aliphatic carbocycles. The minimum atomic E-state index is -0.676. The van der Waals surface area contributed by atoms with E-state index in [-0.39, 0.29) is 5.92 Å². The molecule has 0 unspecified atom stereocenters. The molecule has 1 aliphatic heterocycles.